The Morgan fingerprint density at radius 3 is 1.15 bits per heavy atom. The number of unbranched alkanes of at least 4 members (excludes halogenated alkanes) is 20. The predicted molar refractivity (Wildman–Crippen MR) is 154 cm³/mol. The second kappa shape index (κ2) is 24.1. The van der Waals surface area contributed by atoms with Gasteiger partial charge in [-0.1, -0.05) is 149 Å². The first-order valence-electron chi connectivity index (χ1n) is 16.0. The van der Waals surface area contributed by atoms with Gasteiger partial charge < -0.3 is 9.80 Å². The van der Waals surface area contributed by atoms with Crippen molar-refractivity contribution in [2.45, 2.75) is 181 Å². The molecule has 1 atom stereocenters. The molecule has 34 heavy (non-hydrogen) atoms. The topological polar surface area (TPSA) is 6.48 Å². The summed E-state index contributed by atoms with van der Waals surface area (Å²) in [5, 5.41) is 0. The van der Waals surface area contributed by atoms with Crippen LogP contribution >= 0.6 is 0 Å². The van der Waals surface area contributed by atoms with Gasteiger partial charge in [-0.2, -0.15) is 0 Å². The number of nitrogens with zero attached hydrogens (tertiary/aromatic N) is 2. The molecule has 2 heteroatoms. The molecule has 1 unspecified atom stereocenters. The first-order valence-corrected chi connectivity index (χ1v) is 16.0. The summed E-state index contributed by atoms with van der Waals surface area (Å²) < 4.78 is 0. The quantitative estimate of drug-likeness (QED) is 0.114. The van der Waals surface area contributed by atoms with Gasteiger partial charge in [0.2, 0.25) is 0 Å². The van der Waals surface area contributed by atoms with Crippen LogP contribution < -0.4 is 0 Å². The maximum absolute atomic E-state index is 2.65. The maximum atomic E-state index is 2.65. The molecule has 0 saturated carbocycles. The Morgan fingerprint density at radius 1 is 0.382 bits per heavy atom. The lowest BCUT2D eigenvalue weighted by molar-refractivity contribution is 0.137. The zero-order valence-corrected chi connectivity index (χ0v) is 24.0. The third kappa shape index (κ3) is 16.9. The molecule has 1 aliphatic rings. The highest BCUT2D eigenvalue weighted by atomic mass is 15.4. The zero-order chi connectivity index (χ0) is 24.5. The van der Waals surface area contributed by atoms with Gasteiger partial charge in [0.15, 0.2) is 0 Å². The van der Waals surface area contributed by atoms with Crippen LogP contribution in [0.25, 0.3) is 0 Å². The minimum Gasteiger partial charge on any atom is -0.356 e. The molecule has 0 aliphatic carbocycles. The summed E-state index contributed by atoms with van der Waals surface area (Å²) in [7, 11) is 0. The Bertz CT molecular complexity index is 433. The van der Waals surface area contributed by atoms with E-state index in [0.717, 1.165) is 0 Å². The third-order valence-corrected chi connectivity index (χ3v) is 7.78. The molecule has 0 aromatic rings. The molecule has 2 nitrogen and oxygen atoms in total. The highest BCUT2D eigenvalue weighted by molar-refractivity contribution is 4.96. The van der Waals surface area contributed by atoms with Crippen LogP contribution in [0.2, 0.25) is 0 Å². The van der Waals surface area contributed by atoms with Crippen molar-refractivity contribution in [1.29, 1.82) is 0 Å². The van der Waals surface area contributed by atoms with Crippen molar-refractivity contribution in [1.82, 2.24) is 9.80 Å². The van der Waals surface area contributed by atoms with Crippen molar-refractivity contribution in [2.24, 2.45) is 0 Å². The molecule has 1 aliphatic heterocycles. The minimum atomic E-state index is 0.641. The van der Waals surface area contributed by atoms with Crippen LogP contribution in [0, 0.1) is 0 Å². The van der Waals surface area contributed by atoms with Crippen LogP contribution in [-0.2, 0) is 0 Å². The Morgan fingerprint density at radius 2 is 0.735 bits per heavy atom. The molecular weight excluding hydrogens is 412 g/mol. The van der Waals surface area contributed by atoms with Gasteiger partial charge in [0, 0.05) is 25.5 Å². The zero-order valence-electron chi connectivity index (χ0n) is 24.0. The molecule has 202 valence electrons. The van der Waals surface area contributed by atoms with Crippen molar-refractivity contribution in [3.63, 3.8) is 0 Å². The summed E-state index contributed by atoms with van der Waals surface area (Å²) in [6.07, 6.45) is 39.7. The van der Waals surface area contributed by atoms with Crippen LogP contribution in [0.3, 0.4) is 0 Å². The van der Waals surface area contributed by atoms with E-state index in [1.165, 1.54) is 167 Å². The van der Waals surface area contributed by atoms with E-state index in [4.69, 9.17) is 0 Å². The second-order valence-electron chi connectivity index (χ2n) is 11.1. The Balaban J connectivity index is 1.95. The van der Waals surface area contributed by atoms with E-state index >= 15 is 0 Å². The highest BCUT2D eigenvalue weighted by Crippen LogP contribution is 2.23. The highest BCUT2D eigenvalue weighted by Gasteiger charge is 2.24. The first kappa shape index (κ1) is 31.4. The Kier molecular flexibility index (Phi) is 22.2. The van der Waals surface area contributed by atoms with E-state index in [9.17, 15) is 0 Å². The molecule has 1 rings (SSSR count). The first-order chi connectivity index (χ1) is 16.8. The molecule has 0 bridgehead atoms. The van der Waals surface area contributed by atoms with Crippen LogP contribution in [0.5, 0.6) is 0 Å². The predicted octanol–water partition coefficient (Wildman–Crippen LogP) is 10.8. The number of hydrogen-bond donors (Lipinski definition) is 0. The fourth-order valence-corrected chi connectivity index (χ4v) is 5.55. The Labute approximate surface area is 216 Å². The van der Waals surface area contributed by atoms with E-state index in [1.807, 2.05) is 0 Å². The van der Waals surface area contributed by atoms with Gasteiger partial charge in [-0.3, -0.25) is 0 Å². The van der Waals surface area contributed by atoms with Crippen LogP contribution in [0.1, 0.15) is 175 Å². The summed E-state index contributed by atoms with van der Waals surface area (Å²) in [5.74, 6) is 0. The summed E-state index contributed by atoms with van der Waals surface area (Å²) in [6.45, 7) is 9.39. The van der Waals surface area contributed by atoms with E-state index in [0.29, 0.717) is 6.17 Å². The molecule has 0 fully saturated rings. The van der Waals surface area contributed by atoms with Gasteiger partial charge in [-0.05, 0) is 25.7 Å². The average molecular weight is 477 g/mol. The van der Waals surface area contributed by atoms with Gasteiger partial charge in [0.25, 0.3) is 0 Å². The fraction of sp³-hybridized carbons (Fsp3) is 0.938. The van der Waals surface area contributed by atoms with Crippen molar-refractivity contribution in [3.05, 3.63) is 12.4 Å². The molecule has 1 heterocycles. The van der Waals surface area contributed by atoms with Crippen LogP contribution in [0.4, 0.5) is 0 Å². The van der Waals surface area contributed by atoms with E-state index in [-0.39, 0.29) is 0 Å². The fourth-order valence-electron chi connectivity index (χ4n) is 5.55. The summed E-state index contributed by atoms with van der Waals surface area (Å²) in [6, 6.07) is 0. The molecule has 0 saturated heterocycles. The van der Waals surface area contributed by atoms with E-state index < -0.39 is 0 Å². The van der Waals surface area contributed by atoms with Gasteiger partial charge >= 0.3 is 0 Å². The van der Waals surface area contributed by atoms with E-state index in [1.54, 1.807) is 0 Å². The Hall–Kier alpha value is -0.660. The normalized spacial score (nSPS) is 15.7. The van der Waals surface area contributed by atoms with Crippen molar-refractivity contribution < 1.29 is 0 Å². The van der Waals surface area contributed by atoms with Gasteiger partial charge in [0.05, 0.1) is 0 Å². The monoisotopic (exact) mass is 477 g/mol. The SMILES string of the molecule is CCCCCCCCCCCCCCCCCCCC1N(CCC)C=CN1CCCCCCC. The lowest BCUT2D eigenvalue weighted by Gasteiger charge is -2.33. The molecule has 0 radical (unpaired) electrons. The van der Waals surface area contributed by atoms with Crippen molar-refractivity contribution in [2.75, 3.05) is 13.1 Å². The summed E-state index contributed by atoms with van der Waals surface area (Å²) in [4.78, 5) is 5.26. The summed E-state index contributed by atoms with van der Waals surface area (Å²) in [5.41, 5.74) is 0. The van der Waals surface area contributed by atoms with E-state index in [2.05, 4.69) is 43.0 Å². The van der Waals surface area contributed by atoms with Gasteiger partial charge in [-0.15, -0.1) is 0 Å². The number of hydrogen-bond acceptors (Lipinski definition) is 2. The van der Waals surface area contributed by atoms with Crippen molar-refractivity contribution >= 4 is 0 Å². The van der Waals surface area contributed by atoms with Gasteiger partial charge in [-0.25, -0.2) is 0 Å². The largest absolute Gasteiger partial charge is 0.356 e. The molecule has 0 N–H and O–H groups in total. The minimum absolute atomic E-state index is 0.641. The molecule has 0 amide bonds. The van der Waals surface area contributed by atoms with Crippen LogP contribution in [-0.4, -0.2) is 29.1 Å². The number of rotatable bonds is 26. The lowest BCUT2D eigenvalue weighted by atomic mass is 10.0. The second-order valence-corrected chi connectivity index (χ2v) is 11.1. The van der Waals surface area contributed by atoms with Gasteiger partial charge in [0.1, 0.15) is 6.17 Å². The lowest BCUT2D eigenvalue weighted by Crippen LogP contribution is -2.39. The summed E-state index contributed by atoms with van der Waals surface area (Å²) >= 11 is 0. The molecule has 0 aromatic carbocycles. The molecule has 0 spiro atoms. The standard InChI is InChI=1S/C32H64N2/c1-4-7-9-11-12-13-14-15-16-17-18-19-20-21-22-23-25-27-32-33(28-6-3)30-31-34(32)29-26-24-10-8-5-2/h30-32H,4-29H2,1-3H3. The van der Waals surface area contributed by atoms with Crippen molar-refractivity contribution in [3.8, 4) is 0 Å². The third-order valence-electron chi connectivity index (χ3n) is 7.78. The maximum Gasteiger partial charge on any atom is 0.101 e. The molecular formula is C32H64N2. The average Bonchev–Trinajstić information content (AvgIpc) is 3.22. The smallest absolute Gasteiger partial charge is 0.101 e. The van der Waals surface area contributed by atoms with Crippen LogP contribution in [0.15, 0.2) is 12.4 Å². The molecule has 0 aromatic heterocycles.